The Hall–Kier alpha value is -2.19. The van der Waals surface area contributed by atoms with Crippen molar-refractivity contribution in [3.63, 3.8) is 0 Å². The number of imidazole rings is 1. The maximum Gasteiger partial charge on any atom is 0.235 e. The molecule has 3 aromatic rings. The highest BCUT2D eigenvalue weighted by Crippen LogP contribution is 2.13. The standard InChI is InChI=1S/C19H20BrN3O3S/c20-15-9-7-14(8-10-15)12-27(25,26)13-19(24)21-11-3-6-18-22-16-4-1-2-5-17(16)23-18/h1-2,4-5,7-10H,3,6,11-13H2,(H,21,24)(H,22,23). The Balaban J connectivity index is 1.42. The van der Waals surface area contributed by atoms with Crippen molar-refractivity contribution < 1.29 is 13.2 Å². The van der Waals surface area contributed by atoms with Crippen LogP contribution in [0.5, 0.6) is 0 Å². The number of hydrogen-bond donors (Lipinski definition) is 2. The number of rotatable bonds is 8. The second-order valence-corrected chi connectivity index (χ2v) is 9.29. The number of H-pyrrole nitrogens is 1. The molecular weight excluding hydrogens is 430 g/mol. The zero-order chi connectivity index (χ0) is 19.3. The first-order valence-corrected chi connectivity index (χ1v) is 11.2. The average molecular weight is 450 g/mol. The van der Waals surface area contributed by atoms with Crippen molar-refractivity contribution in [3.05, 3.63) is 64.4 Å². The molecular formula is C19H20BrN3O3S. The van der Waals surface area contributed by atoms with E-state index in [2.05, 4.69) is 31.2 Å². The minimum atomic E-state index is -3.50. The van der Waals surface area contributed by atoms with Gasteiger partial charge in [0.2, 0.25) is 5.91 Å². The molecule has 1 amide bonds. The van der Waals surface area contributed by atoms with Gasteiger partial charge in [0, 0.05) is 17.4 Å². The molecule has 6 nitrogen and oxygen atoms in total. The van der Waals surface area contributed by atoms with Crippen molar-refractivity contribution in [1.82, 2.24) is 15.3 Å². The molecule has 0 aliphatic carbocycles. The number of para-hydroxylation sites is 2. The molecule has 1 heterocycles. The number of aryl methyl sites for hydroxylation is 1. The fraction of sp³-hybridized carbons (Fsp3) is 0.263. The van der Waals surface area contributed by atoms with Crippen LogP contribution in [0, 0.1) is 0 Å². The maximum atomic E-state index is 12.2. The molecule has 142 valence electrons. The van der Waals surface area contributed by atoms with Crippen LogP contribution in [0.4, 0.5) is 0 Å². The fourth-order valence-corrected chi connectivity index (χ4v) is 4.31. The lowest BCUT2D eigenvalue weighted by Gasteiger charge is -2.06. The highest BCUT2D eigenvalue weighted by molar-refractivity contribution is 9.10. The highest BCUT2D eigenvalue weighted by Gasteiger charge is 2.17. The molecule has 0 bridgehead atoms. The van der Waals surface area contributed by atoms with E-state index in [-0.39, 0.29) is 5.75 Å². The number of hydrogen-bond acceptors (Lipinski definition) is 4. The Morgan fingerprint density at radius 2 is 1.85 bits per heavy atom. The summed E-state index contributed by atoms with van der Waals surface area (Å²) in [7, 11) is -3.50. The molecule has 0 spiro atoms. The van der Waals surface area contributed by atoms with Gasteiger partial charge in [-0.25, -0.2) is 13.4 Å². The van der Waals surface area contributed by atoms with E-state index < -0.39 is 21.5 Å². The van der Waals surface area contributed by atoms with Gasteiger partial charge in [0.1, 0.15) is 11.6 Å². The monoisotopic (exact) mass is 449 g/mol. The van der Waals surface area contributed by atoms with E-state index >= 15 is 0 Å². The van der Waals surface area contributed by atoms with Crippen LogP contribution >= 0.6 is 15.9 Å². The molecule has 0 saturated carbocycles. The van der Waals surface area contributed by atoms with Crippen molar-refractivity contribution in [2.75, 3.05) is 12.3 Å². The van der Waals surface area contributed by atoms with Crippen molar-refractivity contribution in [2.45, 2.75) is 18.6 Å². The maximum absolute atomic E-state index is 12.2. The minimum absolute atomic E-state index is 0.146. The molecule has 27 heavy (non-hydrogen) atoms. The number of nitrogens with one attached hydrogen (secondary N) is 2. The summed E-state index contributed by atoms with van der Waals surface area (Å²) < 4.78 is 25.2. The van der Waals surface area contributed by atoms with E-state index in [1.54, 1.807) is 24.3 Å². The van der Waals surface area contributed by atoms with Gasteiger partial charge in [0.15, 0.2) is 9.84 Å². The molecule has 1 aromatic heterocycles. The number of aromatic amines is 1. The largest absolute Gasteiger partial charge is 0.355 e. The Morgan fingerprint density at radius 1 is 1.11 bits per heavy atom. The number of aromatic nitrogens is 2. The van der Waals surface area contributed by atoms with Crippen LogP contribution in [-0.2, 0) is 26.8 Å². The predicted molar refractivity (Wildman–Crippen MR) is 109 cm³/mol. The molecule has 3 rings (SSSR count). The topological polar surface area (TPSA) is 91.9 Å². The third-order valence-corrected chi connectivity index (χ3v) is 6.01. The van der Waals surface area contributed by atoms with E-state index in [9.17, 15) is 13.2 Å². The number of carbonyl (C=O) groups is 1. The van der Waals surface area contributed by atoms with E-state index in [0.29, 0.717) is 24.9 Å². The number of amides is 1. The first-order valence-electron chi connectivity index (χ1n) is 8.56. The molecule has 0 unspecified atom stereocenters. The number of halogens is 1. The van der Waals surface area contributed by atoms with Crippen LogP contribution in [-0.4, -0.2) is 36.6 Å². The van der Waals surface area contributed by atoms with Crippen LogP contribution in [0.15, 0.2) is 53.0 Å². The predicted octanol–water partition coefficient (Wildman–Crippen LogP) is 2.99. The zero-order valence-corrected chi connectivity index (χ0v) is 17.0. The van der Waals surface area contributed by atoms with Crippen molar-refractivity contribution >= 4 is 42.7 Å². The molecule has 0 aliphatic heterocycles. The molecule has 0 aliphatic rings. The number of benzene rings is 2. The van der Waals surface area contributed by atoms with Gasteiger partial charge in [-0.2, -0.15) is 0 Å². The summed E-state index contributed by atoms with van der Waals surface area (Å²) in [5.74, 6) is -0.273. The van der Waals surface area contributed by atoms with Gasteiger partial charge in [-0.15, -0.1) is 0 Å². The summed E-state index contributed by atoms with van der Waals surface area (Å²) in [6, 6.07) is 14.8. The van der Waals surface area contributed by atoms with Crippen molar-refractivity contribution in [3.8, 4) is 0 Å². The second kappa shape index (κ2) is 8.67. The fourth-order valence-electron chi connectivity index (χ4n) is 2.74. The summed E-state index contributed by atoms with van der Waals surface area (Å²) in [6.45, 7) is 0.406. The van der Waals surface area contributed by atoms with E-state index in [1.807, 2.05) is 24.3 Å². The molecule has 0 fully saturated rings. The van der Waals surface area contributed by atoms with Gasteiger partial charge >= 0.3 is 0 Å². The lowest BCUT2D eigenvalue weighted by molar-refractivity contribution is -0.118. The average Bonchev–Trinajstić information content (AvgIpc) is 3.03. The Kier molecular flexibility index (Phi) is 6.28. The molecule has 2 N–H and O–H groups in total. The Morgan fingerprint density at radius 3 is 2.59 bits per heavy atom. The number of fused-ring (bicyclic) bond motifs is 1. The van der Waals surface area contributed by atoms with Gasteiger partial charge in [0.25, 0.3) is 0 Å². The first kappa shape index (κ1) is 19.6. The third-order valence-electron chi connectivity index (χ3n) is 4.00. The normalized spacial score (nSPS) is 11.6. The summed E-state index contributed by atoms with van der Waals surface area (Å²) in [6.07, 6.45) is 1.36. The molecule has 0 radical (unpaired) electrons. The van der Waals surface area contributed by atoms with Crippen LogP contribution in [0.3, 0.4) is 0 Å². The Bertz CT molecular complexity index is 997. The second-order valence-electron chi connectivity index (χ2n) is 6.31. The number of sulfone groups is 1. The smallest absolute Gasteiger partial charge is 0.235 e. The van der Waals surface area contributed by atoms with Gasteiger partial charge in [-0.05, 0) is 36.2 Å². The van der Waals surface area contributed by atoms with E-state index in [0.717, 1.165) is 21.3 Å². The van der Waals surface area contributed by atoms with Crippen LogP contribution in [0.1, 0.15) is 17.8 Å². The summed E-state index contributed by atoms with van der Waals surface area (Å²) in [5, 5.41) is 2.67. The quantitative estimate of drug-likeness (QED) is 0.517. The summed E-state index contributed by atoms with van der Waals surface area (Å²) >= 11 is 3.31. The zero-order valence-electron chi connectivity index (χ0n) is 14.6. The molecule has 0 atom stereocenters. The third kappa shape index (κ3) is 5.90. The first-order chi connectivity index (χ1) is 12.9. The van der Waals surface area contributed by atoms with Gasteiger partial charge in [-0.1, -0.05) is 40.2 Å². The highest BCUT2D eigenvalue weighted by atomic mass is 79.9. The summed E-state index contributed by atoms with van der Waals surface area (Å²) in [4.78, 5) is 19.6. The molecule has 0 saturated heterocycles. The number of carbonyl (C=O) groups excluding carboxylic acids is 1. The summed E-state index contributed by atoms with van der Waals surface area (Å²) in [5.41, 5.74) is 2.56. The van der Waals surface area contributed by atoms with Crippen molar-refractivity contribution in [1.29, 1.82) is 0 Å². The van der Waals surface area contributed by atoms with Crippen LogP contribution in [0.25, 0.3) is 11.0 Å². The SMILES string of the molecule is O=C(CS(=O)(=O)Cc1ccc(Br)cc1)NCCCc1nc2ccccc2[nH]1. The molecule has 2 aromatic carbocycles. The Labute approximate surface area is 166 Å². The van der Waals surface area contributed by atoms with Gasteiger partial charge < -0.3 is 10.3 Å². The lowest BCUT2D eigenvalue weighted by atomic mass is 10.2. The van der Waals surface area contributed by atoms with Gasteiger partial charge in [-0.3, -0.25) is 4.79 Å². The molecule has 8 heteroatoms. The van der Waals surface area contributed by atoms with Crippen LogP contribution < -0.4 is 5.32 Å². The van der Waals surface area contributed by atoms with E-state index in [4.69, 9.17) is 0 Å². The number of nitrogens with zero attached hydrogens (tertiary/aromatic N) is 1. The van der Waals surface area contributed by atoms with Crippen molar-refractivity contribution in [2.24, 2.45) is 0 Å². The van der Waals surface area contributed by atoms with Gasteiger partial charge in [0.05, 0.1) is 16.8 Å². The lowest BCUT2D eigenvalue weighted by Crippen LogP contribution is -2.31. The minimum Gasteiger partial charge on any atom is -0.355 e. The van der Waals surface area contributed by atoms with Crippen LogP contribution in [0.2, 0.25) is 0 Å². The van der Waals surface area contributed by atoms with E-state index in [1.165, 1.54) is 0 Å².